The van der Waals surface area contributed by atoms with Gasteiger partial charge in [-0.1, -0.05) is 12.1 Å². The van der Waals surface area contributed by atoms with Crippen molar-refractivity contribution in [2.75, 3.05) is 0 Å². The van der Waals surface area contributed by atoms with Crippen molar-refractivity contribution in [3.63, 3.8) is 0 Å². The Labute approximate surface area is 121 Å². The Balaban J connectivity index is 1.77. The first-order chi connectivity index (χ1) is 9.74. The molecule has 3 aromatic rings. The van der Waals surface area contributed by atoms with Crippen LogP contribution in [0.5, 0.6) is 0 Å². The summed E-state index contributed by atoms with van der Waals surface area (Å²) in [5.41, 5.74) is 9.29. The minimum absolute atomic E-state index is 0.100. The normalized spacial score (nSPS) is 16.7. The molecule has 0 radical (unpaired) electrons. The molecule has 1 aliphatic rings. The number of fused-ring (bicyclic) bond motifs is 1. The van der Waals surface area contributed by atoms with Crippen molar-refractivity contribution in [3.05, 3.63) is 34.7 Å². The Morgan fingerprint density at radius 1 is 1.30 bits per heavy atom. The highest BCUT2D eigenvalue weighted by molar-refractivity contribution is 7.10. The maximum atomic E-state index is 6.23. The predicted octanol–water partition coefficient (Wildman–Crippen LogP) is 3.11. The van der Waals surface area contributed by atoms with Gasteiger partial charge in [0.1, 0.15) is 10.7 Å². The zero-order valence-electron chi connectivity index (χ0n) is 11.3. The van der Waals surface area contributed by atoms with Gasteiger partial charge in [0.25, 0.3) is 0 Å². The van der Waals surface area contributed by atoms with E-state index in [1.807, 2.05) is 25.2 Å². The first-order valence-electron chi connectivity index (χ1n) is 6.87. The summed E-state index contributed by atoms with van der Waals surface area (Å²) >= 11 is 1.65. The van der Waals surface area contributed by atoms with Gasteiger partial charge < -0.3 is 10.3 Å². The lowest BCUT2D eigenvalue weighted by Crippen LogP contribution is -2.11. The third-order valence-corrected chi connectivity index (χ3v) is 4.90. The fraction of sp³-hybridized carbons (Fsp3) is 0.333. The molecule has 2 N–H and O–H groups in total. The third-order valence-electron chi connectivity index (χ3n) is 3.95. The summed E-state index contributed by atoms with van der Waals surface area (Å²) in [6.45, 7) is 0. The molecular weight excluding hydrogens is 268 g/mol. The lowest BCUT2D eigenvalue weighted by Gasteiger charge is -2.04. The zero-order chi connectivity index (χ0) is 13.7. The second kappa shape index (κ2) is 4.40. The molecule has 4 nitrogen and oxygen atoms in total. The van der Waals surface area contributed by atoms with Crippen molar-refractivity contribution in [1.82, 2.24) is 14.5 Å². The maximum Gasteiger partial charge on any atom is 0.160 e. The molecule has 2 aromatic heterocycles. The molecule has 1 aliphatic carbocycles. The summed E-state index contributed by atoms with van der Waals surface area (Å²) < 4.78 is 2.09. The Kier molecular flexibility index (Phi) is 2.65. The first kappa shape index (κ1) is 12.1. The smallest absolute Gasteiger partial charge is 0.160 e. The molecule has 0 spiro atoms. The molecule has 2 heterocycles. The van der Waals surface area contributed by atoms with Crippen LogP contribution >= 0.6 is 11.3 Å². The average Bonchev–Trinajstić information content (AvgIpc) is 3.11. The number of para-hydroxylation sites is 2. The van der Waals surface area contributed by atoms with Gasteiger partial charge in [-0.05, 0) is 30.9 Å². The fourth-order valence-electron chi connectivity index (χ4n) is 2.58. The van der Waals surface area contributed by atoms with Crippen molar-refractivity contribution in [1.29, 1.82) is 0 Å². The van der Waals surface area contributed by atoms with Gasteiger partial charge in [-0.15, -0.1) is 11.3 Å². The molecule has 0 saturated heterocycles. The van der Waals surface area contributed by atoms with Crippen molar-refractivity contribution in [2.24, 2.45) is 18.7 Å². The number of hydrogen-bond donors (Lipinski definition) is 1. The summed E-state index contributed by atoms with van der Waals surface area (Å²) in [7, 11) is 2.03. The van der Waals surface area contributed by atoms with Gasteiger partial charge in [0.15, 0.2) is 5.82 Å². The summed E-state index contributed by atoms with van der Waals surface area (Å²) in [5.74, 6) is 1.55. The van der Waals surface area contributed by atoms with Gasteiger partial charge in [0.2, 0.25) is 0 Å². The molecule has 1 saturated carbocycles. The standard InChI is InChI=1S/C15H16N4S/c1-19-12-5-3-2-4-10(12)17-14(19)11-8-20-15(18-11)13(16)9-6-7-9/h2-5,8-9,13H,6-7,16H2,1H3. The number of benzene rings is 1. The van der Waals surface area contributed by atoms with Gasteiger partial charge in [0, 0.05) is 12.4 Å². The van der Waals surface area contributed by atoms with Crippen molar-refractivity contribution >= 4 is 22.4 Å². The molecule has 102 valence electrons. The SMILES string of the molecule is Cn1c(-c2csc(C(N)C3CC3)n2)nc2ccccc21. The van der Waals surface area contributed by atoms with Crippen LogP contribution in [0, 0.1) is 5.92 Å². The van der Waals surface area contributed by atoms with Crippen LogP contribution in [0.15, 0.2) is 29.6 Å². The van der Waals surface area contributed by atoms with Gasteiger partial charge in [0.05, 0.1) is 17.1 Å². The van der Waals surface area contributed by atoms with E-state index in [4.69, 9.17) is 10.7 Å². The van der Waals surface area contributed by atoms with Crippen molar-refractivity contribution in [3.8, 4) is 11.5 Å². The Morgan fingerprint density at radius 2 is 2.10 bits per heavy atom. The molecule has 0 aliphatic heterocycles. The van der Waals surface area contributed by atoms with E-state index in [0.29, 0.717) is 5.92 Å². The van der Waals surface area contributed by atoms with E-state index in [0.717, 1.165) is 27.6 Å². The van der Waals surface area contributed by atoms with Crippen molar-refractivity contribution < 1.29 is 0 Å². The van der Waals surface area contributed by atoms with E-state index in [-0.39, 0.29) is 6.04 Å². The molecular formula is C15H16N4S. The molecule has 0 bridgehead atoms. The predicted molar refractivity (Wildman–Crippen MR) is 81.5 cm³/mol. The van der Waals surface area contributed by atoms with Gasteiger partial charge in [-0.3, -0.25) is 0 Å². The summed E-state index contributed by atoms with van der Waals surface area (Å²) in [4.78, 5) is 9.39. The monoisotopic (exact) mass is 284 g/mol. The van der Waals surface area contributed by atoms with E-state index in [1.165, 1.54) is 12.8 Å². The number of thiazole rings is 1. The number of nitrogens with two attached hydrogens (primary N) is 1. The molecule has 1 atom stereocenters. The lowest BCUT2D eigenvalue weighted by molar-refractivity contribution is 0.629. The number of imidazole rings is 1. The minimum atomic E-state index is 0.100. The van der Waals surface area contributed by atoms with Crippen LogP contribution in [0.1, 0.15) is 23.9 Å². The number of aromatic nitrogens is 3. The van der Waals surface area contributed by atoms with E-state index in [2.05, 4.69) is 21.0 Å². The zero-order valence-corrected chi connectivity index (χ0v) is 12.1. The van der Waals surface area contributed by atoms with E-state index < -0.39 is 0 Å². The van der Waals surface area contributed by atoms with Gasteiger partial charge in [-0.2, -0.15) is 0 Å². The van der Waals surface area contributed by atoms with Crippen molar-refractivity contribution in [2.45, 2.75) is 18.9 Å². The largest absolute Gasteiger partial charge is 0.326 e. The van der Waals surface area contributed by atoms with Crippen LogP contribution in [0.4, 0.5) is 0 Å². The summed E-state index contributed by atoms with van der Waals surface area (Å²) in [5, 5.41) is 3.10. The summed E-state index contributed by atoms with van der Waals surface area (Å²) in [6, 6.07) is 8.25. The van der Waals surface area contributed by atoms with E-state index in [9.17, 15) is 0 Å². The lowest BCUT2D eigenvalue weighted by atomic mass is 10.2. The van der Waals surface area contributed by atoms with Crippen LogP contribution in [-0.2, 0) is 7.05 Å². The third kappa shape index (κ3) is 1.85. The molecule has 0 amide bonds. The second-order valence-electron chi connectivity index (χ2n) is 5.42. The molecule has 1 fully saturated rings. The first-order valence-corrected chi connectivity index (χ1v) is 7.75. The molecule has 4 rings (SSSR count). The molecule has 1 unspecified atom stereocenters. The van der Waals surface area contributed by atoms with Crippen LogP contribution < -0.4 is 5.73 Å². The van der Waals surface area contributed by atoms with E-state index in [1.54, 1.807) is 11.3 Å². The number of hydrogen-bond acceptors (Lipinski definition) is 4. The summed E-state index contributed by atoms with van der Waals surface area (Å²) in [6.07, 6.45) is 2.48. The highest BCUT2D eigenvalue weighted by Gasteiger charge is 2.31. The fourth-order valence-corrected chi connectivity index (χ4v) is 3.47. The Hall–Kier alpha value is -1.72. The number of aryl methyl sites for hydroxylation is 1. The maximum absolute atomic E-state index is 6.23. The van der Waals surface area contributed by atoms with Crippen LogP contribution in [-0.4, -0.2) is 14.5 Å². The van der Waals surface area contributed by atoms with E-state index >= 15 is 0 Å². The Bertz CT molecular complexity index is 769. The molecule has 20 heavy (non-hydrogen) atoms. The minimum Gasteiger partial charge on any atom is -0.326 e. The number of rotatable bonds is 3. The van der Waals surface area contributed by atoms with Crippen LogP contribution in [0.25, 0.3) is 22.6 Å². The van der Waals surface area contributed by atoms with Gasteiger partial charge >= 0.3 is 0 Å². The molecule has 1 aromatic carbocycles. The van der Waals surface area contributed by atoms with Crippen LogP contribution in [0.2, 0.25) is 0 Å². The molecule has 5 heteroatoms. The highest BCUT2D eigenvalue weighted by atomic mass is 32.1. The highest BCUT2D eigenvalue weighted by Crippen LogP contribution is 2.40. The van der Waals surface area contributed by atoms with Gasteiger partial charge in [-0.25, -0.2) is 9.97 Å². The quantitative estimate of drug-likeness (QED) is 0.804. The second-order valence-corrected chi connectivity index (χ2v) is 6.31. The number of nitrogens with zero attached hydrogens (tertiary/aromatic N) is 3. The van der Waals surface area contributed by atoms with Crippen LogP contribution in [0.3, 0.4) is 0 Å². The average molecular weight is 284 g/mol. The topological polar surface area (TPSA) is 56.7 Å². The Morgan fingerprint density at radius 3 is 2.85 bits per heavy atom.